The van der Waals surface area contributed by atoms with E-state index in [0.717, 1.165) is 29.7 Å². The molecule has 1 aromatic carbocycles. The average Bonchev–Trinajstić information content (AvgIpc) is 3.17. The Balaban J connectivity index is 1.31. The second-order valence-corrected chi connectivity index (χ2v) is 9.25. The number of rotatable bonds is 9. The number of carbonyl (C=O) groups excluding carboxylic acids is 1. The monoisotopic (exact) mass is 471 g/mol. The molecule has 0 radical (unpaired) electrons. The summed E-state index contributed by atoms with van der Waals surface area (Å²) < 4.78 is 7.25. The number of amides is 1. The highest BCUT2D eigenvalue weighted by Crippen LogP contribution is 2.26. The molecular formula is C24H33N5O3S. The minimum atomic E-state index is -0.149. The predicted octanol–water partition coefficient (Wildman–Crippen LogP) is 3.71. The summed E-state index contributed by atoms with van der Waals surface area (Å²) in [7, 11) is 1.61. The summed E-state index contributed by atoms with van der Waals surface area (Å²) in [5.74, 6) is 0.785. The fraction of sp³-hybridized carbons (Fsp3) is 0.542. The zero-order chi connectivity index (χ0) is 23.4. The Morgan fingerprint density at radius 2 is 2.06 bits per heavy atom. The van der Waals surface area contributed by atoms with Gasteiger partial charge in [-0.1, -0.05) is 6.42 Å². The highest BCUT2D eigenvalue weighted by molar-refractivity contribution is 7.71. The van der Waals surface area contributed by atoms with E-state index in [1.807, 2.05) is 18.2 Å². The lowest BCUT2D eigenvalue weighted by Gasteiger charge is -2.33. The molecular weight excluding hydrogens is 438 g/mol. The quantitative estimate of drug-likeness (QED) is 0.327. The third-order valence-electron chi connectivity index (χ3n) is 6.64. The van der Waals surface area contributed by atoms with E-state index in [9.17, 15) is 9.59 Å². The lowest BCUT2D eigenvalue weighted by atomic mass is 10.0. The Morgan fingerprint density at radius 1 is 1.21 bits per heavy atom. The van der Waals surface area contributed by atoms with Gasteiger partial charge >= 0.3 is 0 Å². The molecule has 0 aliphatic carbocycles. The number of aromatic nitrogens is 3. The second kappa shape index (κ2) is 10.5. The molecule has 0 saturated carbocycles. The van der Waals surface area contributed by atoms with Gasteiger partial charge in [0.1, 0.15) is 11.3 Å². The van der Waals surface area contributed by atoms with Crippen LogP contribution in [-0.4, -0.2) is 58.1 Å². The number of fused-ring (bicyclic) bond motifs is 3. The molecule has 0 spiro atoms. The molecule has 4 rings (SSSR count). The largest absolute Gasteiger partial charge is 0.497 e. The van der Waals surface area contributed by atoms with Crippen LogP contribution in [0.5, 0.6) is 5.75 Å². The summed E-state index contributed by atoms with van der Waals surface area (Å²) in [6.07, 6.45) is 5.66. The van der Waals surface area contributed by atoms with E-state index in [1.165, 1.54) is 19.3 Å². The van der Waals surface area contributed by atoms with Crippen LogP contribution in [0.3, 0.4) is 0 Å². The first-order valence-corrected chi connectivity index (χ1v) is 12.2. The Hall–Kier alpha value is -2.65. The summed E-state index contributed by atoms with van der Waals surface area (Å²) in [5, 5.41) is 3.90. The van der Waals surface area contributed by atoms with Crippen molar-refractivity contribution in [2.24, 2.45) is 0 Å². The highest BCUT2D eigenvalue weighted by atomic mass is 32.1. The number of hydrogen-bond acceptors (Lipinski definition) is 5. The number of piperidine rings is 1. The fourth-order valence-electron chi connectivity index (χ4n) is 4.67. The van der Waals surface area contributed by atoms with Crippen LogP contribution in [0.15, 0.2) is 23.0 Å². The predicted molar refractivity (Wildman–Crippen MR) is 134 cm³/mol. The van der Waals surface area contributed by atoms with Crippen molar-refractivity contribution in [3.8, 4) is 5.75 Å². The second-order valence-electron chi connectivity index (χ2n) is 8.86. The van der Waals surface area contributed by atoms with E-state index in [1.54, 1.807) is 11.7 Å². The molecule has 178 valence electrons. The van der Waals surface area contributed by atoms with Crippen LogP contribution in [0.4, 0.5) is 0 Å². The van der Waals surface area contributed by atoms with Crippen molar-refractivity contribution in [1.82, 2.24) is 24.8 Å². The molecule has 33 heavy (non-hydrogen) atoms. The number of likely N-dealkylation sites (tertiary alicyclic amines) is 1. The maximum Gasteiger partial charge on any atom is 0.278 e. The van der Waals surface area contributed by atoms with Crippen LogP contribution in [0, 0.1) is 4.77 Å². The number of methoxy groups -OCH3 is 1. The van der Waals surface area contributed by atoms with Crippen molar-refractivity contribution in [3.05, 3.63) is 33.3 Å². The zero-order valence-corrected chi connectivity index (χ0v) is 20.2. The maximum atomic E-state index is 13.0. The minimum Gasteiger partial charge on any atom is -0.497 e. The van der Waals surface area contributed by atoms with Gasteiger partial charge in [-0.05, 0) is 69.6 Å². The smallest absolute Gasteiger partial charge is 0.278 e. The molecule has 9 heteroatoms. The van der Waals surface area contributed by atoms with Crippen molar-refractivity contribution in [1.29, 1.82) is 0 Å². The third kappa shape index (κ3) is 5.30. The van der Waals surface area contributed by atoms with Gasteiger partial charge in [0.15, 0.2) is 4.77 Å². The van der Waals surface area contributed by atoms with Crippen molar-refractivity contribution in [2.75, 3.05) is 26.7 Å². The van der Waals surface area contributed by atoms with Gasteiger partial charge in [0.25, 0.3) is 5.56 Å². The van der Waals surface area contributed by atoms with Crippen LogP contribution in [0.25, 0.3) is 21.9 Å². The first-order chi connectivity index (χ1) is 16.0. The maximum absolute atomic E-state index is 13.0. The fourth-order valence-corrected chi connectivity index (χ4v) is 4.94. The van der Waals surface area contributed by atoms with E-state index < -0.39 is 0 Å². The topological polar surface area (TPSA) is 95.2 Å². The Morgan fingerprint density at radius 3 is 2.85 bits per heavy atom. The number of unbranched alkanes of at least 4 members (excludes halogenated alkanes) is 1. The minimum absolute atomic E-state index is 0.0668. The molecule has 0 bridgehead atoms. The van der Waals surface area contributed by atoms with Crippen LogP contribution >= 0.6 is 12.2 Å². The molecule has 8 nitrogen and oxygen atoms in total. The lowest BCUT2D eigenvalue weighted by Crippen LogP contribution is -2.42. The van der Waals surface area contributed by atoms with Crippen molar-refractivity contribution >= 4 is 40.1 Å². The molecule has 1 aliphatic rings. The van der Waals surface area contributed by atoms with Gasteiger partial charge in [0.2, 0.25) is 5.91 Å². The normalized spacial score (nSPS) is 17.0. The summed E-state index contributed by atoms with van der Waals surface area (Å²) >= 11 is 5.47. The Labute approximate surface area is 198 Å². The van der Waals surface area contributed by atoms with Gasteiger partial charge in [0, 0.05) is 43.0 Å². The van der Waals surface area contributed by atoms with Gasteiger partial charge in [-0.3, -0.25) is 19.1 Å². The van der Waals surface area contributed by atoms with Crippen LogP contribution in [0.1, 0.15) is 45.4 Å². The summed E-state index contributed by atoms with van der Waals surface area (Å²) in [6, 6.07) is 6.23. The molecule has 1 atom stereocenters. The van der Waals surface area contributed by atoms with Crippen molar-refractivity contribution in [3.63, 3.8) is 0 Å². The Kier molecular flexibility index (Phi) is 7.49. The number of aromatic amines is 2. The number of H-pyrrole nitrogens is 2. The molecule has 1 aliphatic heterocycles. The van der Waals surface area contributed by atoms with E-state index in [4.69, 9.17) is 17.0 Å². The van der Waals surface area contributed by atoms with E-state index in [2.05, 4.69) is 27.1 Å². The van der Waals surface area contributed by atoms with Crippen LogP contribution in [0.2, 0.25) is 0 Å². The first-order valence-electron chi connectivity index (χ1n) is 11.8. The summed E-state index contributed by atoms with van der Waals surface area (Å²) in [5.41, 5.74) is 1.89. The molecule has 3 aromatic rings. The number of hydrogen-bond donors (Lipinski definition) is 3. The van der Waals surface area contributed by atoms with Gasteiger partial charge < -0.3 is 20.0 Å². The molecule has 1 saturated heterocycles. The lowest BCUT2D eigenvalue weighted by molar-refractivity contribution is -0.121. The molecule has 2 aromatic heterocycles. The standard InChI is InChI=1S/C24H33N5O3S/c1-16-7-3-5-12-28(16)14-11-25-20(30)8-4-6-13-29-23(31)22-21(27-24(29)33)18-15-17(32-2)9-10-19(18)26-22/h9-10,15-16,26H,3-8,11-14H2,1-2H3,(H,25,30)(H,27,33)/t16-/m1/s1. The Bertz CT molecular complexity index is 1240. The van der Waals surface area contributed by atoms with Crippen LogP contribution in [-0.2, 0) is 11.3 Å². The van der Waals surface area contributed by atoms with Crippen LogP contribution < -0.4 is 15.6 Å². The number of carbonyl (C=O) groups is 1. The van der Waals surface area contributed by atoms with Gasteiger partial charge in [-0.15, -0.1) is 0 Å². The van der Waals surface area contributed by atoms with Gasteiger partial charge in [-0.25, -0.2) is 0 Å². The molecule has 3 N–H and O–H groups in total. The highest BCUT2D eigenvalue weighted by Gasteiger charge is 2.17. The van der Waals surface area contributed by atoms with Crippen molar-refractivity contribution < 1.29 is 9.53 Å². The zero-order valence-electron chi connectivity index (χ0n) is 19.4. The van der Waals surface area contributed by atoms with Gasteiger partial charge in [0.05, 0.1) is 12.6 Å². The molecule has 3 heterocycles. The summed E-state index contributed by atoms with van der Waals surface area (Å²) in [6.45, 7) is 5.46. The summed E-state index contributed by atoms with van der Waals surface area (Å²) in [4.78, 5) is 34.1. The number of nitrogens with zero attached hydrogens (tertiary/aromatic N) is 2. The number of nitrogens with one attached hydrogen (secondary N) is 3. The van der Waals surface area contributed by atoms with E-state index >= 15 is 0 Å². The van der Waals surface area contributed by atoms with E-state index in [-0.39, 0.29) is 11.5 Å². The molecule has 1 fully saturated rings. The van der Waals surface area contributed by atoms with Gasteiger partial charge in [-0.2, -0.15) is 0 Å². The first kappa shape index (κ1) is 23.5. The number of benzene rings is 1. The van der Waals surface area contributed by atoms with E-state index in [0.29, 0.717) is 54.2 Å². The van der Waals surface area contributed by atoms with Crippen molar-refractivity contribution in [2.45, 2.75) is 58.0 Å². The third-order valence-corrected chi connectivity index (χ3v) is 6.96. The SMILES string of the molecule is COc1ccc2[nH]c3c(=O)n(CCCCC(=O)NCCN4CCCC[C@H]4C)c(=S)[nH]c3c2c1. The average molecular weight is 472 g/mol. The molecule has 0 unspecified atom stereocenters. The molecule has 1 amide bonds. The number of ether oxygens (including phenoxy) is 1.